The lowest BCUT2D eigenvalue weighted by Crippen LogP contribution is -2.50. The van der Waals surface area contributed by atoms with Crippen LogP contribution in [0.25, 0.3) is 0 Å². The first-order valence-corrected chi connectivity index (χ1v) is 6.84. The molecular weight excluding hydrogens is 248 g/mol. The first-order valence-electron chi connectivity index (χ1n) is 6.84. The maximum atomic E-state index is 13.1. The van der Waals surface area contributed by atoms with E-state index in [1.54, 1.807) is 6.07 Å². The van der Waals surface area contributed by atoms with Crippen molar-refractivity contribution >= 4 is 0 Å². The lowest BCUT2D eigenvalue weighted by molar-refractivity contribution is 0.104. The second-order valence-corrected chi connectivity index (χ2v) is 5.72. The molecule has 0 radical (unpaired) electrons. The zero-order chi connectivity index (χ0) is 13.9. The van der Waals surface area contributed by atoms with Crippen molar-refractivity contribution in [2.24, 2.45) is 5.92 Å². The summed E-state index contributed by atoms with van der Waals surface area (Å²) in [5.74, 6) is -0.952. The van der Waals surface area contributed by atoms with Gasteiger partial charge in [0.25, 0.3) is 0 Å². The summed E-state index contributed by atoms with van der Waals surface area (Å²) in [5, 5.41) is 12.9. The van der Waals surface area contributed by atoms with Crippen molar-refractivity contribution in [3.63, 3.8) is 0 Å². The fourth-order valence-corrected chi connectivity index (χ4v) is 2.64. The van der Waals surface area contributed by atoms with Gasteiger partial charge in [-0.3, -0.25) is 0 Å². The molecule has 0 unspecified atom stereocenters. The Kier molecular flexibility index (Phi) is 4.53. The Morgan fingerprint density at radius 1 is 1.26 bits per heavy atom. The van der Waals surface area contributed by atoms with Crippen LogP contribution in [0.2, 0.25) is 0 Å². The minimum absolute atomic E-state index is 0.0867. The predicted molar refractivity (Wildman–Crippen MR) is 70.6 cm³/mol. The van der Waals surface area contributed by atoms with Gasteiger partial charge in [0.15, 0.2) is 11.6 Å². The largest absolute Gasteiger partial charge is 0.394 e. The molecule has 0 saturated heterocycles. The first kappa shape index (κ1) is 14.4. The molecule has 2 rings (SSSR count). The van der Waals surface area contributed by atoms with Crippen LogP contribution in [0.3, 0.4) is 0 Å². The highest BCUT2D eigenvalue weighted by Gasteiger charge is 2.32. The van der Waals surface area contributed by atoms with Gasteiger partial charge >= 0.3 is 0 Å². The predicted octanol–water partition coefficient (Wildman–Crippen LogP) is 3.00. The average Bonchev–Trinajstić information content (AvgIpc) is 2.42. The third-order valence-electron chi connectivity index (χ3n) is 4.19. The molecule has 1 aromatic carbocycles. The summed E-state index contributed by atoms with van der Waals surface area (Å²) in [7, 11) is 0. The Morgan fingerprint density at radius 2 is 1.95 bits per heavy atom. The van der Waals surface area contributed by atoms with E-state index in [1.807, 2.05) is 0 Å². The van der Waals surface area contributed by atoms with Gasteiger partial charge in [-0.25, -0.2) is 8.78 Å². The second-order valence-electron chi connectivity index (χ2n) is 5.72. The SMILES string of the molecule is CC1CCC(CO)(NCc2ccc(F)c(F)c2)CC1. The number of aliphatic hydroxyl groups excluding tert-OH is 1. The maximum absolute atomic E-state index is 13.1. The summed E-state index contributed by atoms with van der Waals surface area (Å²) in [6.07, 6.45) is 4.03. The maximum Gasteiger partial charge on any atom is 0.159 e. The summed E-state index contributed by atoms with van der Waals surface area (Å²) < 4.78 is 26.0. The van der Waals surface area contributed by atoms with Gasteiger partial charge in [0.05, 0.1) is 6.61 Å². The third-order valence-corrected chi connectivity index (χ3v) is 4.19. The van der Waals surface area contributed by atoms with Gasteiger partial charge in [0, 0.05) is 12.1 Å². The average molecular weight is 269 g/mol. The molecule has 106 valence electrons. The van der Waals surface area contributed by atoms with Crippen LogP contribution in [0.4, 0.5) is 8.78 Å². The number of rotatable bonds is 4. The second kappa shape index (κ2) is 5.97. The molecule has 2 nitrogen and oxygen atoms in total. The fourth-order valence-electron chi connectivity index (χ4n) is 2.64. The molecule has 4 heteroatoms. The van der Waals surface area contributed by atoms with Gasteiger partial charge in [-0.1, -0.05) is 13.0 Å². The van der Waals surface area contributed by atoms with Gasteiger partial charge < -0.3 is 10.4 Å². The van der Waals surface area contributed by atoms with E-state index in [9.17, 15) is 13.9 Å². The van der Waals surface area contributed by atoms with Crippen molar-refractivity contribution in [2.75, 3.05) is 6.61 Å². The zero-order valence-electron chi connectivity index (χ0n) is 11.3. The molecule has 0 bridgehead atoms. The van der Waals surface area contributed by atoms with Crippen LogP contribution < -0.4 is 5.32 Å². The van der Waals surface area contributed by atoms with Crippen LogP contribution in [-0.4, -0.2) is 17.3 Å². The fraction of sp³-hybridized carbons (Fsp3) is 0.600. The van der Waals surface area contributed by atoms with Crippen molar-refractivity contribution in [3.05, 3.63) is 35.4 Å². The van der Waals surface area contributed by atoms with E-state index in [2.05, 4.69) is 12.2 Å². The highest BCUT2D eigenvalue weighted by molar-refractivity contribution is 5.18. The Bertz CT molecular complexity index is 428. The number of halogens is 2. The van der Waals surface area contributed by atoms with E-state index in [0.29, 0.717) is 18.0 Å². The molecule has 2 N–H and O–H groups in total. The number of aliphatic hydroxyl groups is 1. The number of benzene rings is 1. The lowest BCUT2D eigenvalue weighted by Gasteiger charge is -2.39. The topological polar surface area (TPSA) is 32.3 Å². The standard InChI is InChI=1S/C15H21F2NO/c1-11-4-6-15(10-19,7-5-11)18-9-12-2-3-13(16)14(17)8-12/h2-3,8,11,18-19H,4-7,9-10H2,1H3. The molecule has 0 aromatic heterocycles. The minimum Gasteiger partial charge on any atom is -0.394 e. The summed E-state index contributed by atoms with van der Waals surface area (Å²) in [4.78, 5) is 0. The van der Waals surface area contributed by atoms with Crippen molar-refractivity contribution in [3.8, 4) is 0 Å². The Labute approximate surface area is 112 Å². The van der Waals surface area contributed by atoms with Crippen LogP contribution in [0.5, 0.6) is 0 Å². The van der Waals surface area contributed by atoms with E-state index in [4.69, 9.17) is 0 Å². The molecule has 0 spiro atoms. The van der Waals surface area contributed by atoms with Crippen molar-refractivity contribution in [1.29, 1.82) is 0 Å². The van der Waals surface area contributed by atoms with Gasteiger partial charge in [-0.15, -0.1) is 0 Å². The molecule has 0 atom stereocenters. The molecule has 1 aliphatic rings. The number of hydrogen-bond donors (Lipinski definition) is 2. The normalized spacial score (nSPS) is 27.5. The Hall–Kier alpha value is -1.00. The molecule has 0 heterocycles. The summed E-state index contributed by atoms with van der Waals surface area (Å²) in [6, 6.07) is 3.92. The Morgan fingerprint density at radius 3 is 2.53 bits per heavy atom. The molecule has 1 aromatic rings. The van der Waals surface area contributed by atoms with E-state index >= 15 is 0 Å². The quantitative estimate of drug-likeness (QED) is 0.880. The van der Waals surface area contributed by atoms with Gasteiger partial charge in [0.1, 0.15) is 0 Å². The summed E-state index contributed by atoms with van der Waals surface area (Å²) in [6.45, 7) is 2.76. The van der Waals surface area contributed by atoms with Crippen LogP contribution >= 0.6 is 0 Å². The number of hydrogen-bond acceptors (Lipinski definition) is 2. The highest BCUT2D eigenvalue weighted by Crippen LogP contribution is 2.31. The van der Waals surface area contributed by atoms with E-state index < -0.39 is 11.6 Å². The zero-order valence-corrected chi connectivity index (χ0v) is 11.3. The van der Waals surface area contributed by atoms with Gasteiger partial charge in [-0.05, 0) is 49.3 Å². The van der Waals surface area contributed by atoms with Crippen LogP contribution in [0, 0.1) is 17.6 Å². The van der Waals surface area contributed by atoms with Crippen molar-refractivity contribution in [2.45, 2.75) is 44.7 Å². The third kappa shape index (κ3) is 3.51. The molecular formula is C15H21F2NO. The van der Waals surface area contributed by atoms with Gasteiger partial charge in [-0.2, -0.15) is 0 Å². The monoisotopic (exact) mass is 269 g/mol. The van der Waals surface area contributed by atoms with Crippen molar-refractivity contribution in [1.82, 2.24) is 5.32 Å². The molecule has 0 amide bonds. The number of nitrogens with one attached hydrogen (secondary N) is 1. The Balaban J connectivity index is 1.97. The lowest BCUT2D eigenvalue weighted by atomic mass is 9.77. The summed E-state index contributed by atoms with van der Waals surface area (Å²) in [5.41, 5.74) is 0.433. The van der Waals surface area contributed by atoms with E-state index in [0.717, 1.165) is 31.7 Å². The van der Waals surface area contributed by atoms with Crippen LogP contribution in [0.15, 0.2) is 18.2 Å². The minimum atomic E-state index is -0.827. The molecule has 1 aliphatic carbocycles. The summed E-state index contributed by atoms with van der Waals surface area (Å²) >= 11 is 0. The van der Waals surface area contributed by atoms with Crippen LogP contribution in [-0.2, 0) is 6.54 Å². The smallest absolute Gasteiger partial charge is 0.159 e. The van der Waals surface area contributed by atoms with E-state index in [-0.39, 0.29) is 12.1 Å². The van der Waals surface area contributed by atoms with Crippen molar-refractivity contribution < 1.29 is 13.9 Å². The molecule has 0 aliphatic heterocycles. The van der Waals surface area contributed by atoms with Crippen LogP contribution in [0.1, 0.15) is 38.2 Å². The molecule has 19 heavy (non-hydrogen) atoms. The van der Waals surface area contributed by atoms with Gasteiger partial charge in [0.2, 0.25) is 0 Å². The molecule has 1 fully saturated rings. The molecule has 1 saturated carbocycles. The highest BCUT2D eigenvalue weighted by atomic mass is 19.2. The van der Waals surface area contributed by atoms with E-state index in [1.165, 1.54) is 6.07 Å². The first-order chi connectivity index (χ1) is 9.04.